The molecule has 0 spiro atoms. The molecule has 1 N–H and O–H groups in total. The third-order valence-electron chi connectivity index (χ3n) is 8.98. The monoisotopic (exact) mass is 623 g/mol. The number of rotatable bonds is 10. The summed E-state index contributed by atoms with van der Waals surface area (Å²) in [7, 11) is 0. The van der Waals surface area contributed by atoms with Crippen molar-refractivity contribution >= 4 is 5.97 Å². The lowest BCUT2D eigenvalue weighted by Gasteiger charge is -2.34. The van der Waals surface area contributed by atoms with Gasteiger partial charge in [-0.2, -0.15) is 5.26 Å². The van der Waals surface area contributed by atoms with E-state index >= 15 is 0 Å². The van der Waals surface area contributed by atoms with Gasteiger partial charge in [0.1, 0.15) is 36.8 Å². The van der Waals surface area contributed by atoms with Gasteiger partial charge in [0.15, 0.2) is 0 Å². The van der Waals surface area contributed by atoms with Crippen molar-refractivity contribution in [1.29, 1.82) is 5.26 Å². The highest BCUT2D eigenvalue weighted by atomic mass is 16.5. The number of hydrogen-bond acceptors (Lipinski definition) is 6. The minimum atomic E-state index is -0.867. The fraction of sp³-hybridized carbons (Fsp3) is 0.225. The number of nitriles is 1. The minimum Gasteiger partial charge on any atom is -0.489 e. The maximum absolute atomic E-state index is 12.1. The Morgan fingerprint density at radius 2 is 1.66 bits per heavy atom. The highest BCUT2D eigenvalue weighted by Gasteiger charge is 2.31. The van der Waals surface area contributed by atoms with Crippen molar-refractivity contribution in [1.82, 2.24) is 9.88 Å². The van der Waals surface area contributed by atoms with Gasteiger partial charge >= 0.3 is 5.97 Å². The normalized spacial score (nSPS) is 14.2. The molecule has 5 aromatic rings. The summed E-state index contributed by atoms with van der Waals surface area (Å²) in [5, 5.41) is 19.1. The lowest BCUT2D eigenvalue weighted by atomic mass is 9.93. The first kappa shape index (κ1) is 31.5. The Hall–Kier alpha value is -5.45. The van der Waals surface area contributed by atoms with Crippen molar-refractivity contribution in [3.8, 4) is 28.7 Å². The molecule has 236 valence electrons. The number of fused-ring (bicyclic) bond motifs is 1. The zero-order valence-electron chi connectivity index (χ0n) is 26.9. The van der Waals surface area contributed by atoms with Gasteiger partial charge in [-0.25, -0.2) is 0 Å². The quantitative estimate of drug-likeness (QED) is 0.170. The molecular formula is C40H37N3O4. The number of aromatic nitrogens is 1. The van der Waals surface area contributed by atoms with Gasteiger partial charge in [0.25, 0.3) is 0 Å². The molecule has 1 aliphatic rings. The van der Waals surface area contributed by atoms with E-state index in [0.29, 0.717) is 38.3 Å². The first-order valence-corrected chi connectivity index (χ1v) is 15.7. The van der Waals surface area contributed by atoms with Crippen LogP contribution in [0.2, 0.25) is 0 Å². The summed E-state index contributed by atoms with van der Waals surface area (Å²) in [6.07, 6.45) is 3.58. The van der Waals surface area contributed by atoms with Gasteiger partial charge in [-0.3, -0.25) is 14.7 Å². The zero-order chi connectivity index (χ0) is 32.9. The van der Waals surface area contributed by atoms with Gasteiger partial charge in [-0.1, -0.05) is 54.6 Å². The van der Waals surface area contributed by atoms with Crippen LogP contribution >= 0.6 is 0 Å². The summed E-state index contributed by atoms with van der Waals surface area (Å²) in [6, 6.07) is 30.0. The predicted molar refractivity (Wildman–Crippen MR) is 181 cm³/mol. The van der Waals surface area contributed by atoms with Crippen molar-refractivity contribution in [3.05, 3.63) is 147 Å². The number of nitrogens with zero attached hydrogens (tertiary/aromatic N) is 3. The van der Waals surface area contributed by atoms with E-state index in [1.807, 2.05) is 47.4 Å². The summed E-state index contributed by atoms with van der Waals surface area (Å²) in [4.78, 5) is 18.1. The second kappa shape index (κ2) is 13.9. The second-order valence-electron chi connectivity index (χ2n) is 12.2. The zero-order valence-corrected chi connectivity index (χ0v) is 26.9. The van der Waals surface area contributed by atoms with E-state index < -0.39 is 12.0 Å². The number of aryl methyl sites for hydroxylation is 2. The van der Waals surface area contributed by atoms with E-state index in [0.717, 1.165) is 39.3 Å². The van der Waals surface area contributed by atoms with Crippen LogP contribution in [0.25, 0.3) is 11.1 Å². The van der Waals surface area contributed by atoms with Crippen LogP contribution in [0.4, 0.5) is 0 Å². The summed E-state index contributed by atoms with van der Waals surface area (Å²) >= 11 is 0. The van der Waals surface area contributed by atoms with Crippen LogP contribution < -0.4 is 9.47 Å². The van der Waals surface area contributed by atoms with Crippen LogP contribution in [0.5, 0.6) is 11.5 Å². The molecule has 1 atom stereocenters. The lowest BCUT2D eigenvalue weighted by molar-refractivity contribution is -0.144. The fourth-order valence-corrected chi connectivity index (χ4v) is 6.08. The Kier molecular flexibility index (Phi) is 9.32. The number of aliphatic carboxylic acids is 1. The Morgan fingerprint density at radius 3 is 2.43 bits per heavy atom. The van der Waals surface area contributed by atoms with Gasteiger partial charge in [-0.15, -0.1) is 0 Å². The van der Waals surface area contributed by atoms with E-state index in [1.54, 1.807) is 12.3 Å². The SMILES string of the molecule is Cc1cc(-c2cccc(C)c2C)ccc1COc1ccc(COc2ccc3c(c2)CN(Cc2cncc(C#N)c2)[C@H](C(=O)O)C3)cc1. The number of carbonyl (C=O) groups is 1. The predicted octanol–water partition coefficient (Wildman–Crippen LogP) is 7.72. The first-order chi connectivity index (χ1) is 22.8. The number of benzene rings is 4. The second-order valence-corrected chi connectivity index (χ2v) is 12.2. The van der Waals surface area contributed by atoms with E-state index in [2.05, 4.69) is 68.2 Å². The van der Waals surface area contributed by atoms with Crippen molar-refractivity contribution in [2.24, 2.45) is 0 Å². The minimum absolute atomic E-state index is 0.385. The highest BCUT2D eigenvalue weighted by molar-refractivity contribution is 5.74. The molecule has 0 radical (unpaired) electrons. The Morgan fingerprint density at radius 1 is 0.872 bits per heavy atom. The summed E-state index contributed by atoms with van der Waals surface area (Å²) in [5.41, 5.74) is 11.7. The fourth-order valence-electron chi connectivity index (χ4n) is 6.08. The number of carboxylic acid groups (broad SMARTS) is 1. The molecular weight excluding hydrogens is 586 g/mol. The lowest BCUT2D eigenvalue weighted by Crippen LogP contribution is -2.45. The van der Waals surface area contributed by atoms with Crippen LogP contribution in [0, 0.1) is 32.1 Å². The van der Waals surface area contributed by atoms with Gasteiger partial charge in [0.2, 0.25) is 0 Å². The maximum atomic E-state index is 12.1. The molecule has 0 saturated heterocycles. The average molecular weight is 624 g/mol. The topological polar surface area (TPSA) is 95.7 Å². The summed E-state index contributed by atoms with van der Waals surface area (Å²) in [5.74, 6) is 0.656. The summed E-state index contributed by atoms with van der Waals surface area (Å²) in [6.45, 7) is 8.17. The molecule has 1 aromatic heterocycles. The maximum Gasteiger partial charge on any atom is 0.321 e. The Labute approximate surface area is 275 Å². The number of hydrogen-bond donors (Lipinski definition) is 1. The van der Waals surface area contributed by atoms with Crippen molar-refractivity contribution in [2.45, 2.75) is 59.5 Å². The molecule has 7 nitrogen and oxygen atoms in total. The highest BCUT2D eigenvalue weighted by Crippen LogP contribution is 2.30. The molecule has 0 fully saturated rings. The molecule has 47 heavy (non-hydrogen) atoms. The van der Waals surface area contributed by atoms with Gasteiger partial charge in [0.05, 0.1) is 5.56 Å². The van der Waals surface area contributed by atoms with Crippen LogP contribution in [0.1, 0.15) is 50.1 Å². The molecule has 7 heteroatoms. The summed E-state index contributed by atoms with van der Waals surface area (Å²) < 4.78 is 12.3. The molecule has 6 rings (SSSR count). The number of carboxylic acids is 1. The molecule has 2 heterocycles. The van der Waals surface area contributed by atoms with Crippen LogP contribution in [-0.4, -0.2) is 27.0 Å². The first-order valence-electron chi connectivity index (χ1n) is 15.7. The van der Waals surface area contributed by atoms with Crippen molar-refractivity contribution in [3.63, 3.8) is 0 Å². The Bertz CT molecular complexity index is 1960. The van der Waals surface area contributed by atoms with Gasteiger partial charge in [0, 0.05) is 25.5 Å². The van der Waals surface area contributed by atoms with Gasteiger partial charge < -0.3 is 14.6 Å². The van der Waals surface area contributed by atoms with E-state index in [-0.39, 0.29) is 0 Å². The van der Waals surface area contributed by atoms with E-state index in [4.69, 9.17) is 9.47 Å². The Balaban J connectivity index is 1.05. The molecule has 4 aromatic carbocycles. The largest absolute Gasteiger partial charge is 0.489 e. The van der Waals surface area contributed by atoms with E-state index in [1.165, 1.54) is 34.0 Å². The third-order valence-corrected chi connectivity index (χ3v) is 8.98. The number of pyridine rings is 1. The smallest absolute Gasteiger partial charge is 0.321 e. The van der Waals surface area contributed by atoms with Gasteiger partial charge in [-0.05, 0) is 113 Å². The molecule has 0 saturated carbocycles. The average Bonchev–Trinajstić information content (AvgIpc) is 3.08. The standard InChI is InChI=1S/C40H37N3O4/c1-26-5-4-6-38(28(26)3)33-9-10-34(27(2)15-33)25-47-36-12-7-29(8-13-36)24-46-37-14-11-32-18-39(40(44)45)43(23-35(32)17-37)22-31-16-30(19-41)20-42-21-31/h4-17,20-21,39H,18,22-25H2,1-3H3,(H,44,45)/t39-/m0/s1. The van der Waals surface area contributed by atoms with E-state index in [9.17, 15) is 15.2 Å². The molecule has 0 aliphatic carbocycles. The van der Waals surface area contributed by atoms with Crippen molar-refractivity contribution in [2.75, 3.05) is 0 Å². The molecule has 0 amide bonds. The molecule has 1 aliphatic heterocycles. The van der Waals surface area contributed by atoms with Crippen LogP contribution in [0.15, 0.2) is 97.3 Å². The van der Waals surface area contributed by atoms with Crippen LogP contribution in [-0.2, 0) is 37.5 Å². The number of ether oxygens (including phenoxy) is 2. The molecule has 0 bridgehead atoms. The third kappa shape index (κ3) is 7.35. The molecule has 0 unspecified atom stereocenters. The van der Waals surface area contributed by atoms with Crippen LogP contribution in [0.3, 0.4) is 0 Å². The van der Waals surface area contributed by atoms with Crippen molar-refractivity contribution < 1.29 is 19.4 Å².